The molecule has 0 aromatic heterocycles. The molecule has 0 aliphatic carbocycles. The summed E-state index contributed by atoms with van der Waals surface area (Å²) in [5.74, 6) is 0. The Morgan fingerprint density at radius 2 is 2.00 bits per heavy atom. The summed E-state index contributed by atoms with van der Waals surface area (Å²) in [5, 5.41) is 3.67. The summed E-state index contributed by atoms with van der Waals surface area (Å²) >= 11 is 0. The lowest BCUT2D eigenvalue weighted by Crippen LogP contribution is -2.40. The zero-order valence-electron chi connectivity index (χ0n) is 12.5. The standard InChI is InChI=1S/C17H28N2/c1-3-11-18-17(4-2)14-19-12-7-10-15-8-5-6-9-16(15)13-19/h5-6,8-9,17-18H,3-4,7,10-14H2,1-2H3. The van der Waals surface area contributed by atoms with Gasteiger partial charge in [0.25, 0.3) is 0 Å². The monoisotopic (exact) mass is 260 g/mol. The third-order valence-electron chi connectivity index (χ3n) is 4.09. The Morgan fingerprint density at radius 1 is 1.21 bits per heavy atom. The van der Waals surface area contributed by atoms with Gasteiger partial charge in [0.1, 0.15) is 0 Å². The number of benzene rings is 1. The van der Waals surface area contributed by atoms with Crippen molar-refractivity contribution < 1.29 is 0 Å². The van der Waals surface area contributed by atoms with E-state index < -0.39 is 0 Å². The molecule has 0 saturated heterocycles. The number of hydrogen-bond acceptors (Lipinski definition) is 2. The van der Waals surface area contributed by atoms with Gasteiger partial charge in [0.15, 0.2) is 0 Å². The molecule has 1 unspecified atom stereocenters. The first-order valence-corrected chi connectivity index (χ1v) is 7.86. The maximum absolute atomic E-state index is 3.67. The lowest BCUT2D eigenvalue weighted by Gasteiger charge is -2.26. The van der Waals surface area contributed by atoms with Crippen molar-refractivity contribution in [2.75, 3.05) is 19.6 Å². The van der Waals surface area contributed by atoms with Crippen LogP contribution in [0, 0.1) is 0 Å². The fourth-order valence-corrected chi connectivity index (χ4v) is 2.92. The molecule has 0 amide bonds. The SMILES string of the molecule is CCCNC(CC)CN1CCCc2ccccc2C1. The second kappa shape index (κ2) is 7.66. The number of hydrogen-bond donors (Lipinski definition) is 1. The predicted molar refractivity (Wildman–Crippen MR) is 82.4 cm³/mol. The van der Waals surface area contributed by atoms with Crippen LogP contribution in [0.1, 0.15) is 44.2 Å². The van der Waals surface area contributed by atoms with Crippen molar-refractivity contribution >= 4 is 0 Å². The number of nitrogens with one attached hydrogen (secondary N) is 1. The van der Waals surface area contributed by atoms with Gasteiger partial charge in [-0.25, -0.2) is 0 Å². The highest BCUT2D eigenvalue weighted by molar-refractivity contribution is 5.28. The van der Waals surface area contributed by atoms with Crippen LogP contribution in [-0.2, 0) is 13.0 Å². The Morgan fingerprint density at radius 3 is 2.74 bits per heavy atom. The second-order valence-corrected chi connectivity index (χ2v) is 5.67. The minimum atomic E-state index is 0.644. The van der Waals surface area contributed by atoms with Crippen molar-refractivity contribution in [3.8, 4) is 0 Å². The highest BCUT2D eigenvalue weighted by atomic mass is 15.1. The summed E-state index contributed by atoms with van der Waals surface area (Å²) in [4.78, 5) is 2.63. The van der Waals surface area contributed by atoms with Crippen molar-refractivity contribution in [2.24, 2.45) is 0 Å². The fraction of sp³-hybridized carbons (Fsp3) is 0.647. The molecule has 1 aliphatic rings. The Labute approximate surface area is 118 Å². The molecular weight excluding hydrogens is 232 g/mol. The Balaban J connectivity index is 1.94. The average molecular weight is 260 g/mol. The molecule has 19 heavy (non-hydrogen) atoms. The minimum Gasteiger partial charge on any atom is -0.313 e. The Kier molecular flexibility index (Phi) is 5.87. The first-order chi connectivity index (χ1) is 9.33. The third-order valence-corrected chi connectivity index (χ3v) is 4.09. The lowest BCUT2D eigenvalue weighted by atomic mass is 10.0. The number of rotatable bonds is 6. The Bertz CT molecular complexity index is 375. The average Bonchev–Trinajstić information content (AvgIpc) is 2.64. The summed E-state index contributed by atoms with van der Waals surface area (Å²) in [6.07, 6.45) is 4.98. The molecule has 1 atom stereocenters. The van der Waals surface area contributed by atoms with E-state index in [1.807, 2.05) is 0 Å². The van der Waals surface area contributed by atoms with Crippen molar-refractivity contribution in [3.63, 3.8) is 0 Å². The van der Waals surface area contributed by atoms with Crippen LogP contribution in [0.15, 0.2) is 24.3 Å². The van der Waals surface area contributed by atoms with E-state index in [1.165, 1.54) is 44.3 Å². The van der Waals surface area contributed by atoms with E-state index in [9.17, 15) is 0 Å². The molecule has 106 valence electrons. The van der Waals surface area contributed by atoms with Gasteiger partial charge in [-0.1, -0.05) is 38.1 Å². The van der Waals surface area contributed by atoms with Gasteiger partial charge in [-0.2, -0.15) is 0 Å². The van der Waals surface area contributed by atoms with E-state index in [4.69, 9.17) is 0 Å². The lowest BCUT2D eigenvalue weighted by molar-refractivity contribution is 0.234. The van der Waals surface area contributed by atoms with Crippen LogP contribution in [0.2, 0.25) is 0 Å². The highest BCUT2D eigenvalue weighted by Gasteiger charge is 2.16. The fourth-order valence-electron chi connectivity index (χ4n) is 2.92. The van der Waals surface area contributed by atoms with Crippen LogP contribution >= 0.6 is 0 Å². The van der Waals surface area contributed by atoms with Crippen molar-refractivity contribution in [1.29, 1.82) is 0 Å². The van der Waals surface area contributed by atoms with Gasteiger partial charge in [0.2, 0.25) is 0 Å². The second-order valence-electron chi connectivity index (χ2n) is 5.67. The molecule has 1 N–H and O–H groups in total. The first kappa shape index (κ1) is 14.5. The molecular formula is C17H28N2. The van der Waals surface area contributed by atoms with Gasteiger partial charge in [-0.05, 0) is 49.9 Å². The van der Waals surface area contributed by atoms with Gasteiger partial charge in [0.05, 0.1) is 0 Å². The minimum absolute atomic E-state index is 0.644. The summed E-state index contributed by atoms with van der Waals surface area (Å²) in [6.45, 7) is 9.22. The van der Waals surface area contributed by atoms with Crippen LogP contribution in [0.3, 0.4) is 0 Å². The molecule has 2 heteroatoms. The van der Waals surface area contributed by atoms with E-state index in [0.29, 0.717) is 6.04 Å². The first-order valence-electron chi connectivity index (χ1n) is 7.86. The van der Waals surface area contributed by atoms with Crippen LogP contribution in [0.5, 0.6) is 0 Å². The van der Waals surface area contributed by atoms with Gasteiger partial charge < -0.3 is 5.32 Å². The van der Waals surface area contributed by atoms with Crippen molar-refractivity contribution in [1.82, 2.24) is 10.2 Å². The number of nitrogens with zero attached hydrogens (tertiary/aromatic N) is 1. The van der Waals surface area contributed by atoms with Crippen molar-refractivity contribution in [3.05, 3.63) is 35.4 Å². The largest absolute Gasteiger partial charge is 0.313 e. The van der Waals surface area contributed by atoms with E-state index >= 15 is 0 Å². The van der Waals surface area contributed by atoms with Gasteiger partial charge in [-0.15, -0.1) is 0 Å². The third kappa shape index (κ3) is 4.32. The summed E-state index contributed by atoms with van der Waals surface area (Å²) in [7, 11) is 0. The molecule has 0 radical (unpaired) electrons. The molecule has 0 fully saturated rings. The summed E-state index contributed by atoms with van der Waals surface area (Å²) < 4.78 is 0. The van der Waals surface area contributed by atoms with E-state index in [2.05, 4.69) is 48.3 Å². The van der Waals surface area contributed by atoms with Crippen molar-refractivity contribution in [2.45, 2.75) is 52.1 Å². The maximum Gasteiger partial charge on any atom is 0.0237 e. The molecule has 0 bridgehead atoms. The molecule has 1 heterocycles. The molecule has 2 rings (SSSR count). The predicted octanol–water partition coefficient (Wildman–Crippen LogP) is 3.21. The van der Waals surface area contributed by atoms with E-state index in [0.717, 1.165) is 13.1 Å². The molecule has 1 aromatic carbocycles. The Hall–Kier alpha value is -0.860. The van der Waals surface area contributed by atoms with E-state index in [1.54, 1.807) is 5.56 Å². The van der Waals surface area contributed by atoms with Gasteiger partial charge in [0, 0.05) is 19.1 Å². The van der Waals surface area contributed by atoms with E-state index in [-0.39, 0.29) is 0 Å². The quantitative estimate of drug-likeness (QED) is 0.845. The topological polar surface area (TPSA) is 15.3 Å². The van der Waals surface area contributed by atoms with Crippen LogP contribution in [0.4, 0.5) is 0 Å². The molecule has 0 spiro atoms. The maximum atomic E-state index is 3.67. The normalized spacial score (nSPS) is 17.8. The number of aryl methyl sites for hydroxylation is 1. The summed E-state index contributed by atoms with van der Waals surface area (Å²) in [5.41, 5.74) is 3.09. The van der Waals surface area contributed by atoms with Gasteiger partial charge >= 0.3 is 0 Å². The smallest absolute Gasteiger partial charge is 0.0237 e. The molecule has 1 aliphatic heterocycles. The van der Waals surface area contributed by atoms with Crippen LogP contribution < -0.4 is 5.32 Å². The summed E-state index contributed by atoms with van der Waals surface area (Å²) in [6, 6.07) is 9.59. The van der Waals surface area contributed by atoms with Crippen LogP contribution in [-0.4, -0.2) is 30.6 Å². The molecule has 2 nitrogen and oxygen atoms in total. The zero-order chi connectivity index (χ0) is 13.5. The molecule has 1 aromatic rings. The zero-order valence-corrected chi connectivity index (χ0v) is 12.5. The van der Waals surface area contributed by atoms with Gasteiger partial charge in [-0.3, -0.25) is 4.90 Å². The molecule has 0 saturated carbocycles. The highest BCUT2D eigenvalue weighted by Crippen LogP contribution is 2.18. The van der Waals surface area contributed by atoms with Crippen LogP contribution in [0.25, 0.3) is 0 Å². The number of fused-ring (bicyclic) bond motifs is 1.